The smallest absolute Gasteiger partial charge is 0.359 e. The van der Waals surface area contributed by atoms with Gasteiger partial charge >= 0.3 is 12.0 Å². The molecule has 0 radical (unpaired) electrons. The molecule has 1 aromatic carbocycles. The maximum Gasteiger partial charge on any atom is 0.359 e. The van der Waals surface area contributed by atoms with E-state index in [1.807, 2.05) is 26.0 Å². The number of imide groups is 1. The van der Waals surface area contributed by atoms with E-state index in [4.69, 9.17) is 4.74 Å². The second-order valence-electron chi connectivity index (χ2n) is 4.99. The first-order valence-electron chi connectivity index (χ1n) is 7.07. The first-order valence-corrected chi connectivity index (χ1v) is 7.07. The minimum absolute atomic E-state index is 0.0231. The molecule has 2 N–H and O–H groups in total. The lowest BCUT2D eigenvalue weighted by atomic mass is 10.1. The first kappa shape index (κ1) is 17.1. The van der Waals surface area contributed by atoms with Gasteiger partial charge in [-0.25, -0.2) is 14.6 Å². The summed E-state index contributed by atoms with van der Waals surface area (Å²) in [5, 5.41) is 4.63. The molecule has 3 amide bonds. The van der Waals surface area contributed by atoms with Crippen molar-refractivity contribution in [1.82, 2.24) is 15.3 Å². The molecule has 8 heteroatoms. The molecule has 2 aromatic rings. The maximum atomic E-state index is 11.8. The fourth-order valence-electron chi connectivity index (χ4n) is 1.88. The standard InChI is InChI=1S/C16H16N4O4/c1-10-3-4-12(11(2)7-10)19-16(23)20-14(21)9-24-15(22)13-8-17-5-6-18-13/h3-8H,9H2,1-2H3,(H2,19,20,21,23). The molecule has 1 aromatic heterocycles. The van der Waals surface area contributed by atoms with E-state index in [1.54, 1.807) is 6.07 Å². The molecule has 1 heterocycles. The van der Waals surface area contributed by atoms with Gasteiger partial charge in [-0.1, -0.05) is 17.7 Å². The average molecular weight is 328 g/mol. The van der Waals surface area contributed by atoms with E-state index >= 15 is 0 Å². The summed E-state index contributed by atoms with van der Waals surface area (Å²) in [4.78, 5) is 42.5. The number of nitrogens with zero attached hydrogens (tertiary/aromatic N) is 2. The van der Waals surface area contributed by atoms with Crippen molar-refractivity contribution in [3.05, 3.63) is 53.6 Å². The van der Waals surface area contributed by atoms with Crippen molar-refractivity contribution < 1.29 is 19.1 Å². The molecule has 124 valence electrons. The van der Waals surface area contributed by atoms with Crippen LogP contribution in [0.15, 0.2) is 36.8 Å². The Hall–Kier alpha value is -3.29. The second-order valence-corrected chi connectivity index (χ2v) is 4.99. The van der Waals surface area contributed by atoms with Gasteiger partial charge in [0.2, 0.25) is 0 Å². The van der Waals surface area contributed by atoms with Crippen LogP contribution in [0.1, 0.15) is 21.6 Å². The van der Waals surface area contributed by atoms with E-state index in [0.717, 1.165) is 11.1 Å². The van der Waals surface area contributed by atoms with E-state index in [0.29, 0.717) is 5.69 Å². The lowest BCUT2D eigenvalue weighted by molar-refractivity contribution is -0.123. The van der Waals surface area contributed by atoms with Crippen LogP contribution in [0.5, 0.6) is 0 Å². The van der Waals surface area contributed by atoms with Crippen LogP contribution in [0.25, 0.3) is 0 Å². The SMILES string of the molecule is Cc1ccc(NC(=O)NC(=O)COC(=O)c2cnccn2)c(C)c1. The van der Waals surface area contributed by atoms with Gasteiger partial charge < -0.3 is 10.1 Å². The number of aryl methyl sites for hydroxylation is 2. The first-order chi connectivity index (χ1) is 11.5. The van der Waals surface area contributed by atoms with Gasteiger partial charge in [-0.05, 0) is 25.5 Å². The van der Waals surface area contributed by atoms with Gasteiger partial charge in [0.05, 0.1) is 6.20 Å². The molecule has 0 saturated heterocycles. The van der Waals surface area contributed by atoms with Gasteiger partial charge in [0.1, 0.15) is 0 Å². The molecular formula is C16H16N4O4. The summed E-state index contributed by atoms with van der Waals surface area (Å²) in [7, 11) is 0. The van der Waals surface area contributed by atoms with Gasteiger partial charge in [-0.15, -0.1) is 0 Å². The number of esters is 1. The number of urea groups is 1. The Bertz CT molecular complexity index is 762. The van der Waals surface area contributed by atoms with Crippen molar-refractivity contribution in [1.29, 1.82) is 0 Å². The van der Waals surface area contributed by atoms with Gasteiger partial charge in [-0.3, -0.25) is 15.1 Å². The van der Waals surface area contributed by atoms with E-state index < -0.39 is 24.5 Å². The summed E-state index contributed by atoms with van der Waals surface area (Å²) in [5.74, 6) is -1.55. The summed E-state index contributed by atoms with van der Waals surface area (Å²) in [6, 6.07) is 4.78. The molecule has 8 nitrogen and oxygen atoms in total. The summed E-state index contributed by atoms with van der Waals surface area (Å²) >= 11 is 0. The van der Waals surface area contributed by atoms with Crippen LogP contribution >= 0.6 is 0 Å². The number of nitrogens with one attached hydrogen (secondary N) is 2. The molecule has 2 rings (SSSR count). The maximum absolute atomic E-state index is 11.8. The molecular weight excluding hydrogens is 312 g/mol. The van der Waals surface area contributed by atoms with Crippen molar-refractivity contribution in [2.75, 3.05) is 11.9 Å². The Morgan fingerprint density at radius 2 is 1.96 bits per heavy atom. The average Bonchev–Trinajstić information content (AvgIpc) is 2.56. The Kier molecular flexibility index (Phi) is 5.56. The third kappa shape index (κ3) is 4.87. The fourth-order valence-corrected chi connectivity index (χ4v) is 1.88. The topological polar surface area (TPSA) is 110 Å². The third-order valence-electron chi connectivity index (χ3n) is 2.99. The molecule has 0 saturated carbocycles. The summed E-state index contributed by atoms with van der Waals surface area (Å²) < 4.78 is 4.75. The number of hydrogen-bond acceptors (Lipinski definition) is 6. The highest BCUT2D eigenvalue weighted by atomic mass is 16.5. The number of hydrogen-bond donors (Lipinski definition) is 2. The predicted molar refractivity (Wildman–Crippen MR) is 85.4 cm³/mol. The van der Waals surface area contributed by atoms with Crippen molar-refractivity contribution >= 4 is 23.6 Å². The summed E-state index contributed by atoms with van der Waals surface area (Å²) in [5.41, 5.74) is 2.49. The molecule has 0 aliphatic rings. The number of ether oxygens (including phenoxy) is 1. The molecule has 0 unspecified atom stereocenters. The molecule has 0 aliphatic carbocycles. The quantitative estimate of drug-likeness (QED) is 0.825. The normalized spacial score (nSPS) is 9.92. The van der Waals surface area contributed by atoms with Gasteiger partial charge in [0, 0.05) is 18.1 Å². The van der Waals surface area contributed by atoms with Crippen molar-refractivity contribution in [2.24, 2.45) is 0 Å². The van der Waals surface area contributed by atoms with Crippen LogP contribution in [0.4, 0.5) is 10.5 Å². The zero-order valence-electron chi connectivity index (χ0n) is 13.2. The number of carbonyl (C=O) groups excluding carboxylic acids is 3. The van der Waals surface area contributed by atoms with Gasteiger partial charge in [-0.2, -0.15) is 0 Å². The second kappa shape index (κ2) is 7.82. The Morgan fingerprint density at radius 3 is 2.62 bits per heavy atom. The van der Waals surface area contributed by atoms with E-state index in [1.165, 1.54) is 18.6 Å². The van der Waals surface area contributed by atoms with E-state index in [2.05, 4.69) is 20.6 Å². The minimum atomic E-state index is -0.798. The number of rotatable bonds is 4. The lowest BCUT2D eigenvalue weighted by Gasteiger charge is -2.10. The molecule has 0 aliphatic heterocycles. The Labute approximate surface area is 138 Å². The van der Waals surface area contributed by atoms with Gasteiger partial charge in [0.25, 0.3) is 5.91 Å². The zero-order valence-corrected chi connectivity index (χ0v) is 13.2. The fraction of sp³-hybridized carbons (Fsp3) is 0.188. The van der Waals surface area contributed by atoms with Crippen molar-refractivity contribution in [2.45, 2.75) is 13.8 Å². The highest BCUT2D eigenvalue weighted by molar-refractivity contribution is 6.02. The van der Waals surface area contributed by atoms with Crippen molar-refractivity contribution in [3.63, 3.8) is 0 Å². The lowest BCUT2D eigenvalue weighted by Crippen LogP contribution is -2.37. The monoisotopic (exact) mass is 328 g/mol. The summed E-state index contributed by atoms with van der Waals surface area (Å²) in [6.45, 7) is 3.18. The van der Waals surface area contributed by atoms with Gasteiger partial charge in [0.15, 0.2) is 12.3 Å². The molecule has 0 spiro atoms. The van der Waals surface area contributed by atoms with Crippen LogP contribution in [-0.2, 0) is 9.53 Å². The molecule has 0 bridgehead atoms. The largest absolute Gasteiger partial charge is 0.451 e. The Morgan fingerprint density at radius 1 is 1.17 bits per heavy atom. The van der Waals surface area contributed by atoms with E-state index in [9.17, 15) is 14.4 Å². The number of amides is 3. The summed E-state index contributed by atoms with van der Waals surface area (Å²) in [6.07, 6.45) is 3.95. The van der Waals surface area contributed by atoms with Crippen LogP contribution in [-0.4, -0.2) is 34.5 Å². The van der Waals surface area contributed by atoms with Crippen molar-refractivity contribution in [3.8, 4) is 0 Å². The minimum Gasteiger partial charge on any atom is -0.451 e. The number of anilines is 1. The van der Waals surface area contributed by atoms with Crippen LogP contribution < -0.4 is 10.6 Å². The number of aromatic nitrogens is 2. The van der Waals surface area contributed by atoms with Crippen LogP contribution in [0.2, 0.25) is 0 Å². The highest BCUT2D eigenvalue weighted by Crippen LogP contribution is 2.15. The van der Waals surface area contributed by atoms with Crippen LogP contribution in [0.3, 0.4) is 0 Å². The number of benzene rings is 1. The van der Waals surface area contributed by atoms with E-state index in [-0.39, 0.29) is 5.69 Å². The Balaban J connectivity index is 1.81. The molecule has 24 heavy (non-hydrogen) atoms. The molecule has 0 atom stereocenters. The predicted octanol–water partition coefficient (Wildman–Crippen LogP) is 1.60. The van der Waals surface area contributed by atoms with Crippen LogP contribution in [0, 0.1) is 13.8 Å². The zero-order chi connectivity index (χ0) is 17.5. The number of carbonyl (C=O) groups is 3. The highest BCUT2D eigenvalue weighted by Gasteiger charge is 2.14. The third-order valence-corrected chi connectivity index (χ3v) is 2.99. The molecule has 0 fully saturated rings.